The predicted octanol–water partition coefficient (Wildman–Crippen LogP) is 2.42. The molecule has 2 aromatic carbocycles. The SMILES string of the molecule is CC(NC(=O)C(C)N1CCN(S(=O)(=O)c2ccc3c(c2)OCCCO3)CC1)c1ccccc1. The van der Waals surface area contributed by atoms with Crippen LogP contribution in [0, 0.1) is 0 Å². The maximum absolute atomic E-state index is 13.2. The molecular formula is C24H31N3O5S. The molecule has 0 bridgehead atoms. The van der Waals surface area contributed by atoms with Crippen molar-refractivity contribution in [3.05, 3.63) is 54.1 Å². The van der Waals surface area contributed by atoms with Crippen molar-refractivity contribution in [2.45, 2.75) is 37.2 Å². The van der Waals surface area contributed by atoms with Gasteiger partial charge >= 0.3 is 0 Å². The predicted molar refractivity (Wildman–Crippen MR) is 125 cm³/mol. The smallest absolute Gasteiger partial charge is 0.243 e. The third-order valence-corrected chi connectivity index (χ3v) is 8.11. The number of nitrogens with zero attached hydrogens (tertiary/aromatic N) is 2. The number of ether oxygens (including phenoxy) is 2. The largest absolute Gasteiger partial charge is 0.490 e. The van der Waals surface area contributed by atoms with Crippen LogP contribution < -0.4 is 14.8 Å². The molecule has 0 radical (unpaired) electrons. The molecule has 2 aromatic rings. The first-order valence-corrected chi connectivity index (χ1v) is 12.8. The zero-order valence-electron chi connectivity index (χ0n) is 19.1. The second-order valence-corrected chi connectivity index (χ2v) is 10.4. The van der Waals surface area contributed by atoms with Crippen molar-refractivity contribution in [2.24, 2.45) is 0 Å². The Balaban J connectivity index is 1.36. The van der Waals surface area contributed by atoms with Crippen LogP contribution in [0.2, 0.25) is 0 Å². The molecule has 1 saturated heterocycles. The van der Waals surface area contributed by atoms with E-state index in [0.29, 0.717) is 50.9 Å². The molecule has 1 fully saturated rings. The zero-order chi connectivity index (χ0) is 23.4. The van der Waals surface area contributed by atoms with Gasteiger partial charge in [-0.25, -0.2) is 8.42 Å². The van der Waals surface area contributed by atoms with Crippen molar-refractivity contribution in [3.8, 4) is 11.5 Å². The minimum atomic E-state index is -3.66. The molecule has 178 valence electrons. The summed E-state index contributed by atoms with van der Waals surface area (Å²) in [5.74, 6) is 0.969. The number of hydrogen-bond donors (Lipinski definition) is 1. The average molecular weight is 474 g/mol. The Morgan fingerprint density at radius 1 is 0.939 bits per heavy atom. The number of hydrogen-bond acceptors (Lipinski definition) is 6. The zero-order valence-corrected chi connectivity index (χ0v) is 19.9. The molecule has 2 unspecified atom stereocenters. The molecule has 4 rings (SSSR count). The van der Waals surface area contributed by atoms with Gasteiger partial charge in [0, 0.05) is 38.7 Å². The molecular weight excluding hydrogens is 442 g/mol. The highest BCUT2D eigenvalue weighted by Crippen LogP contribution is 2.33. The first-order chi connectivity index (χ1) is 15.9. The molecule has 0 aromatic heterocycles. The number of benzene rings is 2. The second-order valence-electron chi connectivity index (χ2n) is 8.42. The number of amides is 1. The Morgan fingerprint density at radius 2 is 1.61 bits per heavy atom. The Morgan fingerprint density at radius 3 is 2.30 bits per heavy atom. The maximum Gasteiger partial charge on any atom is 0.243 e. The van der Waals surface area contributed by atoms with Gasteiger partial charge < -0.3 is 14.8 Å². The fraction of sp³-hybridized carbons (Fsp3) is 0.458. The Labute approximate surface area is 195 Å². The molecule has 2 atom stereocenters. The molecule has 8 nitrogen and oxygen atoms in total. The van der Waals surface area contributed by atoms with Crippen LogP contribution in [0.3, 0.4) is 0 Å². The van der Waals surface area contributed by atoms with Crippen LogP contribution >= 0.6 is 0 Å². The normalized spacial score (nSPS) is 19.3. The van der Waals surface area contributed by atoms with E-state index >= 15 is 0 Å². The van der Waals surface area contributed by atoms with Gasteiger partial charge in [0.05, 0.1) is 30.2 Å². The van der Waals surface area contributed by atoms with Gasteiger partial charge in [0.15, 0.2) is 11.5 Å². The summed E-state index contributed by atoms with van der Waals surface area (Å²) in [7, 11) is -3.66. The van der Waals surface area contributed by atoms with Crippen LogP contribution in [0.1, 0.15) is 31.9 Å². The lowest BCUT2D eigenvalue weighted by atomic mass is 10.1. The topological polar surface area (TPSA) is 88.2 Å². The highest BCUT2D eigenvalue weighted by molar-refractivity contribution is 7.89. The van der Waals surface area contributed by atoms with E-state index < -0.39 is 10.0 Å². The number of nitrogens with one attached hydrogen (secondary N) is 1. The molecule has 1 amide bonds. The fourth-order valence-electron chi connectivity index (χ4n) is 4.11. The van der Waals surface area contributed by atoms with E-state index in [4.69, 9.17) is 9.47 Å². The molecule has 2 aliphatic heterocycles. The van der Waals surface area contributed by atoms with Gasteiger partial charge in [0.1, 0.15) is 0 Å². The highest BCUT2D eigenvalue weighted by Gasteiger charge is 2.32. The Bertz CT molecular complexity index is 1070. The minimum Gasteiger partial charge on any atom is -0.490 e. The van der Waals surface area contributed by atoms with E-state index in [2.05, 4.69) is 5.32 Å². The Hall–Kier alpha value is -2.62. The summed E-state index contributed by atoms with van der Waals surface area (Å²) in [6, 6.07) is 14.1. The number of piperazine rings is 1. The van der Waals surface area contributed by atoms with Gasteiger partial charge in [-0.2, -0.15) is 4.31 Å². The lowest BCUT2D eigenvalue weighted by Gasteiger charge is -2.37. The second kappa shape index (κ2) is 10.1. The highest BCUT2D eigenvalue weighted by atomic mass is 32.2. The maximum atomic E-state index is 13.2. The molecule has 0 spiro atoms. The molecule has 33 heavy (non-hydrogen) atoms. The first kappa shape index (κ1) is 23.5. The van der Waals surface area contributed by atoms with Gasteiger partial charge in [0.25, 0.3) is 0 Å². The fourth-order valence-corrected chi connectivity index (χ4v) is 5.55. The summed E-state index contributed by atoms with van der Waals surface area (Å²) in [6.45, 7) is 6.48. The van der Waals surface area contributed by atoms with Gasteiger partial charge in [-0.05, 0) is 31.5 Å². The number of carbonyl (C=O) groups excluding carboxylic acids is 1. The Kier molecular flexibility index (Phi) is 7.21. The summed E-state index contributed by atoms with van der Waals surface area (Å²) in [6.07, 6.45) is 0.759. The molecule has 0 saturated carbocycles. The van der Waals surface area contributed by atoms with E-state index in [1.807, 2.05) is 49.1 Å². The van der Waals surface area contributed by atoms with Crippen LogP contribution in [0.4, 0.5) is 0 Å². The molecule has 1 N–H and O–H groups in total. The average Bonchev–Trinajstić information content (AvgIpc) is 3.09. The number of sulfonamides is 1. The number of fused-ring (bicyclic) bond motifs is 1. The van der Waals surface area contributed by atoms with E-state index in [9.17, 15) is 13.2 Å². The van der Waals surface area contributed by atoms with Crippen molar-refractivity contribution in [2.75, 3.05) is 39.4 Å². The third-order valence-electron chi connectivity index (χ3n) is 6.22. The van der Waals surface area contributed by atoms with Crippen molar-refractivity contribution in [3.63, 3.8) is 0 Å². The summed E-state index contributed by atoms with van der Waals surface area (Å²) in [4.78, 5) is 15.0. The quantitative estimate of drug-likeness (QED) is 0.693. The summed E-state index contributed by atoms with van der Waals surface area (Å²) >= 11 is 0. The van der Waals surface area contributed by atoms with Gasteiger partial charge in [0.2, 0.25) is 15.9 Å². The number of rotatable bonds is 6. The van der Waals surface area contributed by atoms with Crippen molar-refractivity contribution < 1.29 is 22.7 Å². The lowest BCUT2D eigenvalue weighted by Crippen LogP contribution is -2.55. The van der Waals surface area contributed by atoms with Crippen LogP contribution in [0.25, 0.3) is 0 Å². The van der Waals surface area contributed by atoms with Crippen molar-refractivity contribution in [1.29, 1.82) is 0 Å². The van der Waals surface area contributed by atoms with Crippen LogP contribution in [-0.2, 0) is 14.8 Å². The first-order valence-electron chi connectivity index (χ1n) is 11.4. The van der Waals surface area contributed by atoms with Crippen molar-refractivity contribution in [1.82, 2.24) is 14.5 Å². The van der Waals surface area contributed by atoms with Crippen LogP contribution in [0.15, 0.2) is 53.4 Å². The minimum absolute atomic E-state index is 0.0643. The summed E-state index contributed by atoms with van der Waals surface area (Å²) in [5.41, 5.74) is 1.05. The van der Waals surface area contributed by atoms with E-state index in [1.165, 1.54) is 4.31 Å². The standard InChI is InChI=1S/C24H31N3O5S/c1-18(20-7-4-3-5-8-20)25-24(28)19(2)26-11-13-27(14-12-26)33(29,30)21-9-10-22-23(17-21)32-16-6-15-31-22/h3-5,7-10,17-19H,6,11-16H2,1-2H3,(H,25,28). The van der Waals surface area contributed by atoms with Gasteiger partial charge in [-0.3, -0.25) is 9.69 Å². The monoisotopic (exact) mass is 473 g/mol. The van der Waals surface area contributed by atoms with Crippen LogP contribution in [0.5, 0.6) is 11.5 Å². The summed E-state index contributed by atoms with van der Waals surface area (Å²) < 4.78 is 39.1. The molecule has 2 aliphatic rings. The lowest BCUT2D eigenvalue weighted by molar-refractivity contribution is -0.127. The van der Waals surface area contributed by atoms with Gasteiger partial charge in [-0.1, -0.05) is 30.3 Å². The van der Waals surface area contributed by atoms with Crippen LogP contribution in [-0.4, -0.2) is 69.0 Å². The van der Waals surface area contributed by atoms with E-state index in [-0.39, 0.29) is 22.9 Å². The van der Waals surface area contributed by atoms with Gasteiger partial charge in [-0.15, -0.1) is 0 Å². The molecule has 0 aliphatic carbocycles. The van der Waals surface area contributed by atoms with E-state index in [1.54, 1.807) is 18.2 Å². The van der Waals surface area contributed by atoms with Crippen molar-refractivity contribution >= 4 is 15.9 Å². The molecule has 9 heteroatoms. The molecule has 2 heterocycles. The number of carbonyl (C=O) groups is 1. The van der Waals surface area contributed by atoms with E-state index in [0.717, 1.165) is 12.0 Å². The summed E-state index contributed by atoms with van der Waals surface area (Å²) in [5, 5.41) is 3.06. The third kappa shape index (κ3) is 5.31.